The summed E-state index contributed by atoms with van der Waals surface area (Å²) >= 11 is 0. The van der Waals surface area contributed by atoms with E-state index in [1.807, 2.05) is 31.2 Å². The standard InChI is InChI=1S/C16H24N2O/c1-12-7-4-5-8-13(12)15(19)18-11-14-16(2,3)9-6-10-17-14/h4-5,7-8,14,17H,6,9-11H2,1-3H3,(H,18,19). The maximum Gasteiger partial charge on any atom is 0.251 e. The van der Waals surface area contributed by atoms with E-state index in [4.69, 9.17) is 0 Å². The molecular weight excluding hydrogens is 236 g/mol. The first-order valence-corrected chi connectivity index (χ1v) is 7.08. The summed E-state index contributed by atoms with van der Waals surface area (Å²) in [4.78, 5) is 12.2. The molecule has 2 N–H and O–H groups in total. The second-order valence-electron chi connectivity index (χ2n) is 6.12. The van der Waals surface area contributed by atoms with Crippen molar-refractivity contribution in [3.05, 3.63) is 35.4 Å². The van der Waals surface area contributed by atoms with E-state index in [0.717, 1.165) is 17.7 Å². The van der Waals surface area contributed by atoms with Crippen LogP contribution in [0, 0.1) is 12.3 Å². The van der Waals surface area contributed by atoms with Gasteiger partial charge in [-0.15, -0.1) is 0 Å². The molecule has 2 rings (SSSR count). The van der Waals surface area contributed by atoms with E-state index >= 15 is 0 Å². The van der Waals surface area contributed by atoms with Crippen LogP contribution in [-0.2, 0) is 0 Å². The van der Waals surface area contributed by atoms with Crippen molar-refractivity contribution in [2.24, 2.45) is 5.41 Å². The molecule has 19 heavy (non-hydrogen) atoms. The lowest BCUT2D eigenvalue weighted by Gasteiger charge is -2.39. The molecule has 1 amide bonds. The highest BCUT2D eigenvalue weighted by Crippen LogP contribution is 2.29. The Balaban J connectivity index is 1.95. The van der Waals surface area contributed by atoms with Gasteiger partial charge in [0.05, 0.1) is 0 Å². The Bertz CT molecular complexity index is 454. The zero-order valence-corrected chi connectivity index (χ0v) is 12.1. The number of amides is 1. The number of rotatable bonds is 3. The average molecular weight is 260 g/mol. The maximum atomic E-state index is 12.2. The van der Waals surface area contributed by atoms with Crippen LogP contribution < -0.4 is 10.6 Å². The van der Waals surface area contributed by atoms with E-state index in [1.54, 1.807) is 0 Å². The van der Waals surface area contributed by atoms with Crippen molar-refractivity contribution < 1.29 is 4.79 Å². The van der Waals surface area contributed by atoms with E-state index in [-0.39, 0.29) is 11.3 Å². The van der Waals surface area contributed by atoms with Crippen LogP contribution in [0.5, 0.6) is 0 Å². The third kappa shape index (κ3) is 3.35. The highest BCUT2D eigenvalue weighted by atomic mass is 16.1. The quantitative estimate of drug-likeness (QED) is 0.876. The maximum absolute atomic E-state index is 12.2. The molecule has 3 heteroatoms. The molecule has 0 aliphatic carbocycles. The van der Waals surface area contributed by atoms with Gasteiger partial charge in [-0.2, -0.15) is 0 Å². The van der Waals surface area contributed by atoms with Gasteiger partial charge in [0.15, 0.2) is 0 Å². The number of piperidine rings is 1. The predicted octanol–water partition coefficient (Wildman–Crippen LogP) is 2.50. The molecule has 104 valence electrons. The highest BCUT2D eigenvalue weighted by Gasteiger charge is 2.31. The zero-order chi connectivity index (χ0) is 13.9. The van der Waals surface area contributed by atoms with Crippen molar-refractivity contribution in [3.63, 3.8) is 0 Å². The zero-order valence-electron chi connectivity index (χ0n) is 12.1. The number of nitrogens with one attached hydrogen (secondary N) is 2. The Morgan fingerprint density at radius 3 is 2.84 bits per heavy atom. The second-order valence-corrected chi connectivity index (χ2v) is 6.12. The Morgan fingerprint density at radius 2 is 2.16 bits per heavy atom. The van der Waals surface area contributed by atoms with Gasteiger partial charge in [-0.1, -0.05) is 32.0 Å². The van der Waals surface area contributed by atoms with Crippen molar-refractivity contribution in [1.29, 1.82) is 0 Å². The Labute approximate surface area is 115 Å². The first kappa shape index (κ1) is 14.1. The molecule has 0 bridgehead atoms. The largest absolute Gasteiger partial charge is 0.350 e. The summed E-state index contributed by atoms with van der Waals surface area (Å²) in [6.45, 7) is 8.25. The number of carbonyl (C=O) groups is 1. The molecule has 1 aliphatic heterocycles. The molecule has 1 atom stereocenters. The normalized spacial score (nSPS) is 21.9. The lowest BCUT2D eigenvalue weighted by atomic mass is 9.77. The molecule has 3 nitrogen and oxygen atoms in total. The first-order valence-electron chi connectivity index (χ1n) is 7.08. The summed E-state index contributed by atoms with van der Waals surface area (Å²) in [6.07, 6.45) is 2.43. The van der Waals surface area contributed by atoms with Gasteiger partial charge in [-0.25, -0.2) is 0 Å². The van der Waals surface area contributed by atoms with Crippen LogP contribution in [0.25, 0.3) is 0 Å². The molecule has 1 aliphatic rings. The van der Waals surface area contributed by atoms with Gasteiger partial charge < -0.3 is 10.6 Å². The lowest BCUT2D eigenvalue weighted by Crippen LogP contribution is -2.52. The molecule has 1 aromatic rings. The van der Waals surface area contributed by atoms with E-state index in [2.05, 4.69) is 24.5 Å². The molecule has 0 spiro atoms. The minimum atomic E-state index is 0.0290. The van der Waals surface area contributed by atoms with Gasteiger partial charge in [0.2, 0.25) is 0 Å². The van der Waals surface area contributed by atoms with E-state index in [9.17, 15) is 4.79 Å². The molecule has 0 radical (unpaired) electrons. The predicted molar refractivity (Wildman–Crippen MR) is 78.3 cm³/mol. The SMILES string of the molecule is Cc1ccccc1C(=O)NCC1NCCCC1(C)C. The minimum Gasteiger partial charge on any atom is -0.350 e. The number of carbonyl (C=O) groups excluding carboxylic acids is 1. The molecule has 1 aromatic carbocycles. The summed E-state index contributed by atoms with van der Waals surface area (Å²) in [5.74, 6) is 0.0290. The van der Waals surface area contributed by atoms with Crippen molar-refractivity contribution in [3.8, 4) is 0 Å². The fourth-order valence-corrected chi connectivity index (χ4v) is 2.74. The summed E-state index contributed by atoms with van der Waals surface area (Å²) in [7, 11) is 0. The van der Waals surface area contributed by atoms with E-state index < -0.39 is 0 Å². The summed E-state index contributed by atoms with van der Waals surface area (Å²) in [5, 5.41) is 6.58. The van der Waals surface area contributed by atoms with Crippen LogP contribution in [0.3, 0.4) is 0 Å². The summed E-state index contributed by atoms with van der Waals surface area (Å²) in [5.41, 5.74) is 2.05. The summed E-state index contributed by atoms with van der Waals surface area (Å²) in [6, 6.07) is 8.07. The Kier molecular flexibility index (Phi) is 4.25. The van der Waals surface area contributed by atoms with Gasteiger partial charge in [-0.3, -0.25) is 4.79 Å². The van der Waals surface area contributed by atoms with Gasteiger partial charge >= 0.3 is 0 Å². The monoisotopic (exact) mass is 260 g/mol. The van der Waals surface area contributed by atoms with Gasteiger partial charge in [-0.05, 0) is 43.4 Å². The van der Waals surface area contributed by atoms with Crippen LogP contribution in [0.2, 0.25) is 0 Å². The van der Waals surface area contributed by atoms with Gasteiger partial charge in [0.1, 0.15) is 0 Å². The van der Waals surface area contributed by atoms with E-state index in [0.29, 0.717) is 12.6 Å². The highest BCUT2D eigenvalue weighted by molar-refractivity contribution is 5.95. The van der Waals surface area contributed by atoms with Gasteiger partial charge in [0.25, 0.3) is 5.91 Å². The third-order valence-corrected chi connectivity index (χ3v) is 4.19. The molecule has 1 heterocycles. The molecule has 0 saturated carbocycles. The first-order chi connectivity index (χ1) is 9.00. The van der Waals surface area contributed by atoms with Crippen LogP contribution in [0.4, 0.5) is 0 Å². The van der Waals surface area contributed by atoms with Crippen LogP contribution in [-0.4, -0.2) is 25.0 Å². The van der Waals surface area contributed by atoms with Gasteiger partial charge in [0, 0.05) is 18.2 Å². The van der Waals surface area contributed by atoms with Crippen molar-refractivity contribution in [1.82, 2.24) is 10.6 Å². The van der Waals surface area contributed by atoms with E-state index in [1.165, 1.54) is 12.8 Å². The molecular formula is C16H24N2O. The fourth-order valence-electron chi connectivity index (χ4n) is 2.74. The van der Waals surface area contributed by atoms with Crippen LogP contribution in [0.15, 0.2) is 24.3 Å². The van der Waals surface area contributed by atoms with Crippen LogP contribution >= 0.6 is 0 Å². The Morgan fingerprint density at radius 1 is 1.42 bits per heavy atom. The lowest BCUT2D eigenvalue weighted by molar-refractivity contribution is 0.0928. The second kappa shape index (κ2) is 5.74. The minimum absolute atomic E-state index is 0.0290. The molecule has 1 fully saturated rings. The van der Waals surface area contributed by atoms with Crippen molar-refractivity contribution >= 4 is 5.91 Å². The number of hydrogen-bond acceptors (Lipinski definition) is 2. The molecule has 1 unspecified atom stereocenters. The number of aryl methyl sites for hydroxylation is 1. The summed E-state index contributed by atoms with van der Waals surface area (Å²) < 4.78 is 0. The topological polar surface area (TPSA) is 41.1 Å². The number of benzene rings is 1. The average Bonchev–Trinajstić information content (AvgIpc) is 2.37. The Hall–Kier alpha value is -1.35. The van der Waals surface area contributed by atoms with Crippen molar-refractivity contribution in [2.45, 2.75) is 39.7 Å². The van der Waals surface area contributed by atoms with Crippen molar-refractivity contribution in [2.75, 3.05) is 13.1 Å². The molecule has 1 saturated heterocycles. The fraction of sp³-hybridized carbons (Fsp3) is 0.562. The number of hydrogen-bond donors (Lipinski definition) is 2. The molecule has 0 aromatic heterocycles. The van der Waals surface area contributed by atoms with Crippen LogP contribution in [0.1, 0.15) is 42.6 Å². The third-order valence-electron chi connectivity index (χ3n) is 4.19. The smallest absolute Gasteiger partial charge is 0.251 e.